The van der Waals surface area contributed by atoms with E-state index in [0.717, 1.165) is 5.75 Å². The van der Waals surface area contributed by atoms with Crippen LogP contribution >= 0.6 is 0 Å². The standard InChI is InChI=1S/C15H18N2O4/c1-3-20-15(18)12(10-16)11-17-8-9-21-14-6-4-13(19-2)5-7-14/h4-7,11-12H,3,8-9H2,1-2H3/t12-/m1/s1. The molecule has 0 bridgehead atoms. The van der Waals surface area contributed by atoms with Crippen molar-refractivity contribution in [1.82, 2.24) is 0 Å². The number of esters is 1. The summed E-state index contributed by atoms with van der Waals surface area (Å²) in [4.78, 5) is 15.3. The van der Waals surface area contributed by atoms with Gasteiger partial charge in [-0.1, -0.05) is 0 Å². The molecule has 0 aliphatic rings. The molecule has 0 amide bonds. The molecule has 21 heavy (non-hydrogen) atoms. The number of hydrogen-bond acceptors (Lipinski definition) is 6. The summed E-state index contributed by atoms with van der Waals surface area (Å²) in [7, 11) is 1.60. The third-order valence-corrected chi connectivity index (χ3v) is 2.48. The van der Waals surface area contributed by atoms with Crippen LogP contribution in [-0.2, 0) is 9.53 Å². The lowest BCUT2D eigenvalue weighted by Gasteiger charge is -2.05. The molecule has 112 valence electrons. The van der Waals surface area contributed by atoms with Crippen molar-refractivity contribution in [2.45, 2.75) is 6.92 Å². The number of rotatable bonds is 8. The van der Waals surface area contributed by atoms with Gasteiger partial charge in [0, 0.05) is 6.21 Å². The van der Waals surface area contributed by atoms with Gasteiger partial charge in [-0.3, -0.25) is 9.79 Å². The summed E-state index contributed by atoms with van der Waals surface area (Å²) >= 11 is 0. The van der Waals surface area contributed by atoms with Crippen LogP contribution in [0.25, 0.3) is 0 Å². The molecule has 0 saturated carbocycles. The second-order valence-electron chi connectivity index (χ2n) is 3.94. The maximum absolute atomic E-state index is 11.3. The van der Waals surface area contributed by atoms with Gasteiger partial charge in [-0.2, -0.15) is 5.26 Å². The first kappa shape index (κ1) is 16.5. The Morgan fingerprint density at radius 2 is 2.05 bits per heavy atom. The van der Waals surface area contributed by atoms with E-state index in [0.29, 0.717) is 18.9 Å². The van der Waals surface area contributed by atoms with E-state index in [1.807, 2.05) is 6.07 Å². The molecule has 0 heterocycles. The number of benzene rings is 1. The fourth-order valence-electron chi connectivity index (χ4n) is 1.45. The maximum Gasteiger partial charge on any atom is 0.328 e. The lowest BCUT2D eigenvalue weighted by Crippen LogP contribution is -2.17. The molecule has 6 nitrogen and oxygen atoms in total. The highest BCUT2D eigenvalue weighted by Gasteiger charge is 2.15. The smallest absolute Gasteiger partial charge is 0.328 e. The van der Waals surface area contributed by atoms with E-state index in [1.54, 1.807) is 38.3 Å². The molecule has 1 aromatic rings. The summed E-state index contributed by atoms with van der Waals surface area (Å²) in [6, 6.07) is 9.00. The van der Waals surface area contributed by atoms with Gasteiger partial charge in [0.15, 0.2) is 5.92 Å². The number of ether oxygens (including phenoxy) is 3. The predicted octanol–water partition coefficient (Wildman–Crippen LogP) is 1.85. The van der Waals surface area contributed by atoms with Crippen molar-refractivity contribution in [3.8, 4) is 17.6 Å². The van der Waals surface area contributed by atoms with Gasteiger partial charge in [0.2, 0.25) is 0 Å². The summed E-state index contributed by atoms with van der Waals surface area (Å²) in [5, 5.41) is 8.82. The van der Waals surface area contributed by atoms with Gasteiger partial charge in [0.05, 0.1) is 26.3 Å². The average molecular weight is 290 g/mol. The van der Waals surface area contributed by atoms with Gasteiger partial charge < -0.3 is 14.2 Å². The number of hydrogen-bond donors (Lipinski definition) is 0. The zero-order valence-electron chi connectivity index (χ0n) is 12.1. The Morgan fingerprint density at radius 1 is 1.38 bits per heavy atom. The molecule has 1 rings (SSSR count). The number of nitrogens with zero attached hydrogens (tertiary/aromatic N) is 2. The van der Waals surface area contributed by atoms with E-state index < -0.39 is 11.9 Å². The number of carbonyl (C=O) groups excluding carboxylic acids is 1. The summed E-state index contributed by atoms with van der Waals surface area (Å²) in [5.74, 6) is -0.0920. The second-order valence-corrected chi connectivity index (χ2v) is 3.94. The Kier molecular flexibility index (Phi) is 7.36. The van der Waals surface area contributed by atoms with Crippen LogP contribution in [0.1, 0.15) is 6.92 Å². The Morgan fingerprint density at radius 3 is 2.62 bits per heavy atom. The van der Waals surface area contributed by atoms with Crippen molar-refractivity contribution in [2.75, 3.05) is 26.9 Å². The van der Waals surface area contributed by atoms with E-state index >= 15 is 0 Å². The minimum atomic E-state index is -0.967. The highest BCUT2D eigenvalue weighted by Crippen LogP contribution is 2.16. The molecule has 0 spiro atoms. The third kappa shape index (κ3) is 5.95. The van der Waals surface area contributed by atoms with Crippen LogP contribution in [0.4, 0.5) is 0 Å². The zero-order chi connectivity index (χ0) is 15.5. The van der Waals surface area contributed by atoms with Gasteiger partial charge in [-0.15, -0.1) is 0 Å². The topological polar surface area (TPSA) is 80.9 Å². The molecule has 0 aliphatic carbocycles. The molecule has 0 aromatic heterocycles. The number of carbonyl (C=O) groups is 1. The Balaban J connectivity index is 2.33. The van der Waals surface area contributed by atoms with Crippen LogP contribution in [0.3, 0.4) is 0 Å². The highest BCUT2D eigenvalue weighted by molar-refractivity contribution is 5.92. The van der Waals surface area contributed by atoms with Crippen molar-refractivity contribution in [3.05, 3.63) is 24.3 Å². The molecule has 0 aliphatic heterocycles. The molecular weight excluding hydrogens is 272 g/mol. The van der Waals surface area contributed by atoms with E-state index in [4.69, 9.17) is 19.5 Å². The molecule has 6 heteroatoms. The summed E-state index contributed by atoms with van der Waals surface area (Å²) in [5.41, 5.74) is 0. The van der Waals surface area contributed by atoms with Gasteiger partial charge in [-0.05, 0) is 31.2 Å². The number of aliphatic imine (C=N–C) groups is 1. The van der Waals surface area contributed by atoms with Gasteiger partial charge in [-0.25, -0.2) is 0 Å². The van der Waals surface area contributed by atoms with E-state index in [1.165, 1.54) is 6.21 Å². The minimum Gasteiger partial charge on any atom is -0.497 e. The van der Waals surface area contributed by atoms with Crippen LogP contribution in [0.2, 0.25) is 0 Å². The lowest BCUT2D eigenvalue weighted by atomic mass is 10.2. The fraction of sp³-hybridized carbons (Fsp3) is 0.400. The van der Waals surface area contributed by atoms with Crippen LogP contribution in [-0.4, -0.2) is 39.1 Å². The first-order valence-corrected chi connectivity index (χ1v) is 6.54. The normalized spacial score (nSPS) is 11.7. The Labute approximate surface area is 124 Å². The van der Waals surface area contributed by atoms with Crippen LogP contribution in [0.5, 0.6) is 11.5 Å². The number of nitriles is 1. The third-order valence-electron chi connectivity index (χ3n) is 2.48. The van der Waals surface area contributed by atoms with Crippen molar-refractivity contribution < 1.29 is 19.0 Å². The number of methoxy groups -OCH3 is 1. The molecule has 0 N–H and O–H groups in total. The largest absolute Gasteiger partial charge is 0.497 e. The van der Waals surface area contributed by atoms with Crippen LogP contribution in [0, 0.1) is 17.2 Å². The quantitative estimate of drug-likeness (QED) is 0.414. The Bertz CT molecular complexity index is 505. The second kappa shape index (κ2) is 9.37. The molecule has 1 aromatic carbocycles. The molecule has 0 saturated heterocycles. The van der Waals surface area contributed by atoms with Crippen molar-refractivity contribution >= 4 is 12.2 Å². The maximum atomic E-state index is 11.3. The SMILES string of the molecule is CCOC(=O)[C@H](C#N)C=NCCOc1ccc(OC)cc1. The van der Waals surface area contributed by atoms with E-state index in [-0.39, 0.29) is 6.61 Å². The lowest BCUT2D eigenvalue weighted by molar-refractivity contribution is -0.143. The van der Waals surface area contributed by atoms with Crippen molar-refractivity contribution in [3.63, 3.8) is 0 Å². The predicted molar refractivity (Wildman–Crippen MR) is 77.6 cm³/mol. The summed E-state index contributed by atoms with van der Waals surface area (Å²) in [6.07, 6.45) is 1.29. The molecule has 0 radical (unpaired) electrons. The average Bonchev–Trinajstić information content (AvgIpc) is 2.51. The minimum absolute atomic E-state index is 0.242. The molecular formula is C15H18N2O4. The Hall–Kier alpha value is -2.55. The van der Waals surface area contributed by atoms with E-state index in [9.17, 15) is 4.79 Å². The van der Waals surface area contributed by atoms with Gasteiger partial charge >= 0.3 is 5.97 Å². The zero-order valence-corrected chi connectivity index (χ0v) is 12.1. The van der Waals surface area contributed by atoms with Crippen LogP contribution in [0.15, 0.2) is 29.3 Å². The summed E-state index contributed by atoms with van der Waals surface area (Å²) < 4.78 is 15.2. The molecule has 1 atom stereocenters. The van der Waals surface area contributed by atoms with Crippen LogP contribution < -0.4 is 9.47 Å². The van der Waals surface area contributed by atoms with Crippen molar-refractivity contribution in [2.24, 2.45) is 10.9 Å². The first-order valence-electron chi connectivity index (χ1n) is 6.54. The monoisotopic (exact) mass is 290 g/mol. The van der Waals surface area contributed by atoms with Crippen molar-refractivity contribution in [1.29, 1.82) is 5.26 Å². The summed E-state index contributed by atoms with van der Waals surface area (Å²) in [6.45, 7) is 2.63. The van der Waals surface area contributed by atoms with Gasteiger partial charge in [0.1, 0.15) is 18.1 Å². The first-order chi connectivity index (χ1) is 10.2. The fourth-order valence-corrected chi connectivity index (χ4v) is 1.45. The van der Waals surface area contributed by atoms with Gasteiger partial charge in [0.25, 0.3) is 0 Å². The van der Waals surface area contributed by atoms with E-state index in [2.05, 4.69) is 4.99 Å². The molecule has 0 unspecified atom stereocenters. The highest BCUT2D eigenvalue weighted by atomic mass is 16.5. The molecule has 0 fully saturated rings.